The predicted molar refractivity (Wildman–Crippen MR) is 72.2 cm³/mol. The third kappa shape index (κ3) is 14.9. The van der Waals surface area contributed by atoms with Gasteiger partial charge in [-0.25, -0.2) is 0 Å². The van der Waals surface area contributed by atoms with E-state index in [-0.39, 0.29) is 25.4 Å². The van der Waals surface area contributed by atoms with Crippen LogP contribution in [-0.2, 0) is 23.7 Å². The van der Waals surface area contributed by atoms with E-state index < -0.39 is 0 Å². The number of carbonyl (C=O) groups excluding carboxylic acids is 1. The normalized spacial score (nSPS) is 10.2. The van der Waals surface area contributed by atoms with E-state index in [2.05, 4.69) is 5.32 Å². The molecule has 0 aliphatic heterocycles. The fraction of sp³-hybridized carbons (Fsp3) is 0.846. The van der Waals surface area contributed by atoms with Crippen LogP contribution >= 0.6 is 0 Å². The second-order valence-electron chi connectivity index (χ2n) is 3.82. The molecule has 0 aliphatic carbocycles. The first-order valence-corrected chi connectivity index (χ1v) is 6.71. The Labute approximate surface area is 120 Å². The van der Waals surface area contributed by atoms with E-state index in [4.69, 9.17) is 24.2 Å². The summed E-state index contributed by atoms with van der Waals surface area (Å²) in [5.74, 6) is -0.348. The van der Waals surface area contributed by atoms with Crippen LogP contribution in [0.15, 0.2) is 0 Å². The summed E-state index contributed by atoms with van der Waals surface area (Å²) in [7, 11) is 1.87. The molecule has 0 rings (SSSR count). The molecule has 7 nitrogen and oxygen atoms in total. The number of carbonyl (C=O) groups is 1. The summed E-state index contributed by atoms with van der Waals surface area (Å²) in [4.78, 5) is 11.1. The summed E-state index contributed by atoms with van der Waals surface area (Å²) < 4.78 is 20.5. The van der Waals surface area contributed by atoms with Crippen molar-refractivity contribution < 1.29 is 23.7 Å². The molecule has 0 aromatic heterocycles. The van der Waals surface area contributed by atoms with Gasteiger partial charge in [0.05, 0.1) is 58.6 Å². The molecule has 0 heterocycles. The quantitative estimate of drug-likeness (QED) is 0.358. The van der Waals surface area contributed by atoms with Crippen molar-refractivity contribution in [1.29, 1.82) is 5.26 Å². The Hall–Kier alpha value is -1.20. The minimum Gasteiger partial charge on any atom is -0.465 e. The first kappa shape index (κ1) is 18.8. The average molecular weight is 288 g/mol. The molecule has 116 valence electrons. The largest absolute Gasteiger partial charge is 0.465 e. The molecule has 0 aliphatic rings. The summed E-state index contributed by atoms with van der Waals surface area (Å²) in [6.45, 7) is 3.94. The Morgan fingerprint density at radius 1 is 1.00 bits per heavy atom. The van der Waals surface area contributed by atoms with Crippen LogP contribution in [0.25, 0.3) is 0 Å². The van der Waals surface area contributed by atoms with Gasteiger partial charge in [0.1, 0.15) is 6.61 Å². The molecule has 0 atom stereocenters. The second kappa shape index (κ2) is 15.9. The molecular weight excluding hydrogens is 264 g/mol. The van der Waals surface area contributed by atoms with Gasteiger partial charge in [0.25, 0.3) is 0 Å². The highest BCUT2D eigenvalue weighted by molar-refractivity contribution is 5.69. The van der Waals surface area contributed by atoms with Crippen molar-refractivity contribution in [3.63, 3.8) is 0 Å². The van der Waals surface area contributed by atoms with Gasteiger partial charge in [0.15, 0.2) is 0 Å². The van der Waals surface area contributed by atoms with Crippen molar-refractivity contribution in [2.75, 3.05) is 59.8 Å². The standard InChI is InChI=1S/C13H24N2O5/c1-15-5-8-18-10-12-19-11-9-17-7-3-13(16)20-6-2-4-14/h15H,2-3,5-12H2,1H3. The van der Waals surface area contributed by atoms with E-state index in [1.54, 1.807) is 0 Å². The topological polar surface area (TPSA) is 89.8 Å². The number of ether oxygens (including phenoxy) is 4. The minimum atomic E-state index is -0.348. The lowest BCUT2D eigenvalue weighted by atomic mass is 10.4. The first-order chi connectivity index (χ1) is 9.81. The molecule has 0 radical (unpaired) electrons. The molecular formula is C13H24N2O5. The van der Waals surface area contributed by atoms with E-state index in [0.29, 0.717) is 39.6 Å². The molecule has 7 heteroatoms. The molecule has 0 spiro atoms. The maximum Gasteiger partial charge on any atom is 0.308 e. The summed E-state index contributed by atoms with van der Waals surface area (Å²) in [5, 5.41) is 11.2. The zero-order valence-corrected chi connectivity index (χ0v) is 12.1. The van der Waals surface area contributed by atoms with E-state index >= 15 is 0 Å². The lowest BCUT2D eigenvalue weighted by Crippen LogP contribution is -2.17. The van der Waals surface area contributed by atoms with Gasteiger partial charge in [-0.3, -0.25) is 4.79 Å². The van der Waals surface area contributed by atoms with E-state index in [1.807, 2.05) is 13.1 Å². The summed E-state index contributed by atoms with van der Waals surface area (Å²) in [6.07, 6.45) is 0.412. The lowest BCUT2D eigenvalue weighted by Gasteiger charge is -2.06. The molecule has 0 saturated heterocycles. The molecule has 0 bridgehead atoms. The molecule has 0 saturated carbocycles. The van der Waals surface area contributed by atoms with Crippen LogP contribution in [-0.4, -0.2) is 65.8 Å². The van der Waals surface area contributed by atoms with E-state index in [1.165, 1.54) is 0 Å². The molecule has 0 amide bonds. The predicted octanol–water partition coefficient (Wildman–Crippen LogP) is 0.103. The van der Waals surface area contributed by atoms with E-state index in [9.17, 15) is 4.79 Å². The molecule has 0 fully saturated rings. The van der Waals surface area contributed by atoms with Crippen LogP contribution in [0.3, 0.4) is 0 Å². The number of nitriles is 1. The number of nitrogens with zero attached hydrogens (tertiary/aromatic N) is 1. The zero-order valence-electron chi connectivity index (χ0n) is 12.1. The van der Waals surface area contributed by atoms with Gasteiger partial charge in [0, 0.05) is 6.54 Å². The van der Waals surface area contributed by atoms with Crippen LogP contribution in [0, 0.1) is 11.3 Å². The van der Waals surface area contributed by atoms with Crippen molar-refractivity contribution in [1.82, 2.24) is 5.32 Å². The fourth-order valence-electron chi connectivity index (χ4n) is 1.15. The van der Waals surface area contributed by atoms with Crippen molar-refractivity contribution >= 4 is 5.97 Å². The van der Waals surface area contributed by atoms with Crippen LogP contribution in [0.2, 0.25) is 0 Å². The zero-order chi connectivity index (χ0) is 14.9. The number of hydrogen-bond donors (Lipinski definition) is 1. The number of rotatable bonds is 14. The monoisotopic (exact) mass is 288 g/mol. The number of nitrogens with one attached hydrogen (secondary N) is 1. The number of likely N-dealkylation sites (N-methyl/N-ethyl adjacent to an activating group) is 1. The van der Waals surface area contributed by atoms with Crippen LogP contribution in [0.4, 0.5) is 0 Å². The van der Waals surface area contributed by atoms with Gasteiger partial charge in [0.2, 0.25) is 0 Å². The van der Waals surface area contributed by atoms with Crippen LogP contribution in [0.1, 0.15) is 12.8 Å². The number of esters is 1. The van der Waals surface area contributed by atoms with Crippen molar-refractivity contribution in [2.24, 2.45) is 0 Å². The Morgan fingerprint density at radius 2 is 1.60 bits per heavy atom. The van der Waals surface area contributed by atoms with Gasteiger partial charge in [-0.2, -0.15) is 5.26 Å². The minimum absolute atomic E-state index is 0.145. The van der Waals surface area contributed by atoms with Crippen LogP contribution in [0.5, 0.6) is 0 Å². The van der Waals surface area contributed by atoms with Crippen LogP contribution < -0.4 is 5.32 Å². The smallest absolute Gasteiger partial charge is 0.308 e. The van der Waals surface area contributed by atoms with E-state index in [0.717, 1.165) is 6.54 Å². The van der Waals surface area contributed by atoms with Crippen molar-refractivity contribution in [2.45, 2.75) is 12.8 Å². The molecule has 0 aromatic carbocycles. The number of hydrogen-bond acceptors (Lipinski definition) is 7. The molecule has 20 heavy (non-hydrogen) atoms. The van der Waals surface area contributed by atoms with Gasteiger partial charge in [-0.15, -0.1) is 0 Å². The molecule has 0 aromatic rings. The molecule has 1 N–H and O–H groups in total. The van der Waals surface area contributed by atoms with Gasteiger partial charge < -0.3 is 24.3 Å². The Balaban J connectivity index is 3.09. The highest BCUT2D eigenvalue weighted by Gasteiger charge is 2.02. The summed E-state index contributed by atoms with van der Waals surface area (Å²) in [6, 6.07) is 1.90. The lowest BCUT2D eigenvalue weighted by molar-refractivity contribution is -0.144. The third-order valence-corrected chi connectivity index (χ3v) is 2.17. The Morgan fingerprint density at radius 3 is 2.20 bits per heavy atom. The van der Waals surface area contributed by atoms with Gasteiger partial charge >= 0.3 is 5.97 Å². The van der Waals surface area contributed by atoms with Crippen molar-refractivity contribution in [3.05, 3.63) is 0 Å². The summed E-state index contributed by atoms with van der Waals surface area (Å²) >= 11 is 0. The van der Waals surface area contributed by atoms with Gasteiger partial charge in [-0.1, -0.05) is 0 Å². The fourth-order valence-corrected chi connectivity index (χ4v) is 1.15. The second-order valence-corrected chi connectivity index (χ2v) is 3.82. The Bertz CT molecular complexity index is 268. The maximum absolute atomic E-state index is 11.1. The highest BCUT2D eigenvalue weighted by atomic mass is 16.5. The maximum atomic E-state index is 11.1. The highest BCUT2D eigenvalue weighted by Crippen LogP contribution is 1.90. The first-order valence-electron chi connectivity index (χ1n) is 6.71. The third-order valence-electron chi connectivity index (χ3n) is 2.17. The molecule has 0 unspecified atom stereocenters. The SMILES string of the molecule is CNCCOCCOCCOCCC(=O)OCCC#N. The summed E-state index contributed by atoms with van der Waals surface area (Å²) in [5.41, 5.74) is 0. The Kier molecular flexibility index (Phi) is 14.9. The van der Waals surface area contributed by atoms with Gasteiger partial charge in [-0.05, 0) is 7.05 Å². The van der Waals surface area contributed by atoms with Crippen molar-refractivity contribution in [3.8, 4) is 6.07 Å². The average Bonchev–Trinajstić information content (AvgIpc) is 2.45.